The van der Waals surface area contributed by atoms with Crippen molar-refractivity contribution in [2.75, 3.05) is 6.61 Å². The molecular weight excluding hydrogens is 562 g/mol. The molecule has 0 aromatic heterocycles. The second-order valence-corrected chi connectivity index (χ2v) is 11.3. The van der Waals surface area contributed by atoms with Crippen LogP contribution in [0.25, 0.3) is 0 Å². The van der Waals surface area contributed by atoms with Gasteiger partial charge in [-0.1, -0.05) is 91.0 Å². The van der Waals surface area contributed by atoms with Gasteiger partial charge in [-0.05, 0) is 44.4 Å². The molecule has 0 fully saturated rings. The first-order valence-electron chi connectivity index (χ1n) is 14.5. The molecule has 0 saturated heterocycles. The van der Waals surface area contributed by atoms with Crippen molar-refractivity contribution in [1.82, 2.24) is 16.0 Å². The van der Waals surface area contributed by atoms with Crippen molar-refractivity contribution in [1.29, 1.82) is 0 Å². The SMILES string of the molecule is C[C@H](NC(=O)[C@H](Cc1ccccc1)NC(=O)[C@H](COCc1ccccc1)NC(=O)OC(C)(C)C)C(=O)OCc1ccccc1. The van der Waals surface area contributed by atoms with Gasteiger partial charge >= 0.3 is 12.1 Å². The van der Waals surface area contributed by atoms with Gasteiger partial charge in [-0.25, -0.2) is 9.59 Å². The van der Waals surface area contributed by atoms with Crippen LogP contribution in [0.5, 0.6) is 0 Å². The zero-order chi connectivity index (χ0) is 32.0. The molecule has 44 heavy (non-hydrogen) atoms. The van der Waals surface area contributed by atoms with Crippen molar-refractivity contribution in [2.45, 2.75) is 71.1 Å². The molecule has 3 aromatic rings. The van der Waals surface area contributed by atoms with Crippen LogP contribution in [0, 0.1) is 0 Å². The second-order valence-electron chi connectivity index (χ2n) is 11.3. The fourth-order valence-corrected chi connectivity index (χ4v) is 4.06. The van der Waals surface area contributed by atoms with Crippen molar-refractivity contribution < 1.29 is 33.4 Å². The van der Waals surface area contributed by atoms with Gasteiger partial charge in [0.25, 0.3) is 0 Å². The first-order chi connectivity index (χ1) is 21.0. The maximum atomic E-state index is 13.5. The summed E-state index contributed by atoms with van der Waals surface area (Å²) in [7, 11) is 0. The lowest BCUT2D eigenvalue weighted by Gasteiger charge is -2.26. The largest absolute Gasteiger partial charge is 0.459 e. The van der Waals surface area contributed by atoms with E-state index in [4.69, 9.17) is 14.2 Å². The van der Waals surface area contributed by atoms with Crippen LogP contribution < -0.4 is 16.0 Å². The minimum atomic E-state index is -1.17. The third-order valence-electron chi connectivity index (χ3n) is 6.26. The Bertz CT molecular complexity index is 1350. The maximum absolute atomic E-state index is 13.5. The summed E-state index contributed by atoms with van der Waals surface area (Å²) in [5.41, 5.74) is 1.69. The van der Waals surface area contributed by atoms with Crippen LogP contribution in [0.4, 0.5) is 4.79 Å². The molecule has 0 unspecified atom stereocenters. The average molecular weight is 604 g/mol. The van der Waals surface area contributed by atoms with Crippen molar-refractivity contribution in [3.63, 3.8) is 0 Å². The molecule has 0 aliphatic rings. The lowest BCUT2D eigenvalue weighted by Crippen LogP contribution is -2.57. The molecular formula is C34H41N3O7. The smallest absolute Gasteiger partial charge is 0.408 e. The molecule has 0 saturated carbocycles. The first-order valence-corrected chi connectivity index (χ1v) is 14.5. The number of hydrogen-bond acceptors (Lipinski definition) is 7. The van der Waals surface area contributed by atoms with Gasteiger partial charge < -0.3 is 30.2 Å². The Labute approximate surface area is 258 Å². The van der Waals surface area contributed by atoms with Crippen LogP contribution in [-0.4, -0.2) is 54.2 Å². The molecule has 0 radical (unpaired) electrons. The summed E-state index contributed by atoms with van der Waals surface area (Å²) < 4.78 is 16.5. The predicted octanol–water partition coefficient (Wildman–Crippen LogP) is 4.07. The standard InChI is InChI=1S/C34H41N3O7/c1-24(32(40)43-22-27-18-12-7-13-19-27)35-30(38)28(20-25-14-8-5-9-15-25)36-31(39)29(37-33(41)44-34(2,3)4)23-42-21-26-16-10-6-11-17-26/h5-19,24,28-29H,20-23H2,1-4H3,(H,35,38)(H,36,39)(H,37,41)/t24-,28-,29-/m0/s1. The summed E-state index contributed by atoms with van der Waals surface area (Å²) in [5.74, 6) is -1.86. The molecule has 3 rings (SSSR count). The number of alkyl carbamates (subject to hydrolysis) is 1. The van der Waals surface area contributed by atoms with E-state index in [0.29, 0.717) is 0 Å². The fraction of sp³-hybridized carbons (Fsp3) is 0.353. The maximum Gasteiger partial charge on any atom is 0.408 e. The molecule has 0 heterocycles. The number of nitrogens with one attached hydrogen (secondary N) is 3. The number of rotatable bonds is 14. The van der Waals surface area contributed by atoms with E-state index in [1.165, 1.54) is 6.92 Å². The number of amides is 3. The monoisotopic (exact) mass is 603 g/mol. The van der Waals surface area contributed by atoms with Gasteiger partial charge in [0.15, 0.2) is 0 Å². The number of carbonyl (C=O) groups excluding carboxylic acids is 4. The Kier molecular flexibility index (Phi) is 12.9. The number of hydrogen-bond donors (Lipinski definition) is 3. The van der Waals surface area contributed by atoms with Crippen LogP contribution in [-0.2, 0) is 48.2 Å². The van der Waals surface area contributed by atoms with Crippen LogP contribution in [0.3, 0.4) is 0 Å². The van der Waals surface area contributed by atoms with Gasteiger partial charge in [-0.3, -0.25) is 9.59 Å². The summed E-state index contributed by atoms with van der Waals surface area (Å²) in [5, 5.41) is 7.93. The van der Waals surface area contributed by atoms with Gasteiger partial charge in [0.1, 0.15) is 30.3 Å². The van der Waals surface area contributed by atoms with Crippen molar-refractivity contribution >= 4 is 23.9 Å². The molecule has 3 N–H and O–H groups in total. The topological polar surface area (TPSA) is 132 Å². The summed E-state index contributed by atoms with van der Waals surface area (Å²) in [6.07, 6.45) is -0.673. The van der Waals surface area contributed by atoms with E-state index in [1.54, 1.807) is 20.8 Å². The molecule has 0 aliphatic carbocycles. The minimum Gasteiger partial charge on any atom is -0.459 e. The summed E-state index contributed by atoms with van der Waals surface area (Å²) in [6.45, 7) is 6.72. The zero-order valence-corrected chi connectivity index (χ0v) is 25.6. The number of esters is 1. The fourth-order valence-electron chi connectivity index (χ4n) is 4.06. The lowest BCUT2D eigenvalue weighted by atomic mass is 10.0. The Morgan fingerprint density at radius 3 is 1.70 bits per heavy atom. The van der Waals surface area contributed by atoms with E-state index in [0.717, 1.165) is 16.7 Å². The van der Waals surface area contributed by atoms with Crippen LogP contribution in [0.15, 0.2) is 91.0 Å². The molecule has 234 valence electrons. The Hall–Kier alpha value is -4.70. The lowest BCUT2D eigenvalue weighted by molar-refractivity contribution is -0.148. The van der Waals surface area contributed by atoms with E-state index < -0.39 is 47.6 Å². The van der Waals surface area contributed by atoms with E-state index in [1.807, 2.05) is 91.0 Å². The van der Waals surface area contributed by atoms with E-state index >= 15 is 0 Å². The first kappa shape index (κ1) is 33.8. The molecule has 0 bridgehead atoms. The summed E-state index contributed by atoms with van der Waals surface area (Å²) >= 11 is 0. The second kappa shape index (κ2) is 16.8. The van der Waals surface area contributed by atoms with E-state index in [9.17, 15) is 19.2 Å². The summed E-state index contributed by atoms with van der Waals surface area (Å²) in [6, 6.07) is 24.5. The molecule has 10 nitrogen and oxygen atoms in total. The zero-order valence-electron chi connectivity index (χ0n) is 25.6. The molecule has 3 amide bonds. The van der Waals surface area contributed by atoms with Gasteiger partial charge in [-0.15, -0.1) is 0 Å². The molecule has 0 aliphatic heterocycles. The van der Waals surface area contributed by atoms with Gasteiger partial charge in [0, 0.05) is 6.42 Å². The van der Waals surface area contributed by atoms with Crippen LogP contribution in [0.1, 0.15) is 44.4 Å². The quantitative estimate of drug-likeness (QED) is 0.237. The average Bonchev–Trinajstić information content (AvgIpc) is 2.99. The Morgan fingerprint density at radius 1 is 0.659 bits per heavy atom. The van der Waals surface area contributed by atoms with E-state index in [2.05, 4.69) is 16.0 Å². The third-order valence-corrected chi connectivity index (χ3v) is 6.26. The molecule has 3 atom stereocenters. The number of ether oxygens (including phenoxy) is 3. The highest BCUT2D eigenvalue weighted by Gasteiger charge is 2.30. The normalized spacial score (nSPS) is 13.1. The Balaban J connectivity index is 1.70. The van der Waals surface area contributed by atoms with Crippen molar-refractivity contribution in [3.05, 3.63) is 108 Å². The predicted molar refractivity (Wildman–Crippen MR) is 165 cm³/mol. The highest BCUT2D eigenvalue weighted by Crippen LogP contribution is 2.09. The van der Waals surface area contributed by atoms with Crippen molar-refractivity contribution in [3.8, 4) is 0 Å². The minimum absolute atomic E-state index is 0.0606. The van der Waals surface area contributed by atoms with Crippen LogP contribution >= 0.6 is 0 Å². The van der Waals surface area contributed by atoms with Gasteiger partial charge in [0.2, 0.25) is 11.8 Å². The van der Waals surface area contributed by atoms with Gasteiger partial charge in [0.05, 0.1) is 13.2 Å². The highest BCUT2D eigenvalue weighted by molar-refractivity contribution is 5.93. The number of benzene rings is 3. The molecule has 10 heteroatoms. The Morgan fingerprint density at radius 2 is 1.16 bits per heavy atom. The highest BCUT2D eigenvalue weighted by atomic mass is 16.6. The molecule has 0 spiro atoms. The summed E-state index contributed by atoms with van der Waals surface area (Å²) in [4.78, 5) is 52.2. The van der Waals surface area contributed by atoms with Crippen LogP contribution in [0.2, 0.25) is 0 Å². The molecule has 3 aromatic carbocycles. The van der Waals surface area contributed by atoms with Gasteiger partial charge in [-0.2, -0.15) is 0 Å². The number of carbonyl (C=O) groups is 4. The third kappa shape index (κ3) is 12.3. The van der Waals surface area contributed by atoms with E-state index in [-0.39, 0.29) is 26.2 Å². The van der Waals surface area contributed by atoms with Crippen molar-refractivity contribution in [2.24, 2.45) is 0 Å².